The van der Waals surface area contributed by atoms with Gasteiger partial charge in [0.2, 0.25) is 10.0 Å². The molecule has 2 N–H and O–H groups in total. The van der Waals surface area contributed by atoms with Gasteiger partial charge in [0, 0.05) is 19.3 Å². The standard InChI is InChI=1S/C13H21N3O3S/c1-3-7-14-13-12(5-4-8-15-13)20(17,18)16-11-6-9-19-10(11)2/h4-5,8,10-11,16H,3,6-7,9H2,1-2H3,(H,14,15). The quantitative estimate of drug-likeness (QED) is 0.829. The number of hydrogen-bond donors (Lipinski definition) is 2. The molecule has 7 heteroatoms. The Labute approximate surface area is 120 Å². The molecule has 1 aliphatic rings. The van der Waals surface area contributed by atoms with Crippen molar-refractivity contribution in [2.24, 2.45) is 0 Å². The highest BCUT2D eigenvalue weighted by Crippen LogP contribution is 2.21. The number of sulfonamides is 1. The van der Waals surface area contributed by atoms with E-state index in [1.165, 1.54) is 0 Å². The van der Waals surface area contributed by atoms with Crippen molar-refractivity contribution in [3.63, 3.8) is 0 Å². The van der Waals surface area contributed by atoms with Crippen molar-refractivity contribution >= 4 is 15.8 Å². The van der Waals surface area contributed by atoms with E-state index in [4.69, 9.17) is 4.74 Å². The summed E-state index contributed by atoms with van der Waals surface area (Å²) in [5.41, 5.74) is 0. The number of anilines is 1. The van der Waals surface area contributed by atoms with Crippen LogP contribution in [0.15, 0.2) is 23.2 Å². The van der Waals surface area contributed by atoms with Crippen molar-refractivity contribution in [1.82, 2.24) is 9.71 Å². The molecule has 2 atom stereocenters. The smallest absolute Gasteiger partial charge is 0.244 e. The Balaban J connectivity index is 2.20. The van der Waals surface area contributed by atoms with Crippen LogP contribution in [0, 0.1) is 0 Å². The lowest BCUT2D eigenvalue weighted by atomic mass is 10.2. The van der Waals surface area contributed by atoms with E-state index in [2.05, 4.69) is 15.0 Å². The second kappa shape index (κ2) is 6.51. The van der Waals surface area contributed by atoms with E-state index in [-0.39, 0.29) is 17.0 Å². The molecule has 1 aliphatic heterocycles. The maximum atomic E-state index is 12.5. The maximum absolute atomic E-state index is 12.5. The van der Waals surface area contributed by atoms with Crippen molar-refractivity contribution in [3.05, 3.63) is 18.3 Å². The molecule has 6 nitrogen and oxygen atoms in total. The van der Waals surface area contributed by atoms with Crippen LogP contribution in [-0.4, -0.2) is 38.7 Å². The molecule has 1 fully saturated rings. The number of pyridine rings is 1. The Morgan fingerprint density at radius 3 is 2.95 bits per heavy atom. The molecule has 2 rings (SSSR count). The SMILES string of the molecule is CCCNc1ncccc1S(=O)(=O)NC1CCOC1C. The lowest BCUT2D eigenvalue weighted by Crippen LogP contribution is -2.39. The average molecular weight is 299 g/mol. The van der Waals surface area contributed by atoms with Crippen LogP contribution in [0.1, 0.15) is 26.7 Å². The summed E-state index contributed by atoms with van der Waals surface area (Å²) >= 11 is 0. The van der Waals surface area contributed by atoms with Gasteiger partial charge in [-0.25, -0.2) is 18.1 Å². The van der Waals surface area contributed by atoms with Gasteiger partial charge in [0.1, 0.15) is 10.7 Å². The van der Waals surface area contributed by atoms with Gasteiger partial charge >= 0.3 is 0 Å². The van der Waals surface area contributed by atoms with Gasteiger partial charge in [-0.3, -0.25) is 0 Å². The summed E-state index contributed by atoms with van der Waals surface area (Å²) in [7, 11) is -3.59. The van der Waals surface area contributed by atoms with E-state index in [0.29, 0.717) is 25.4 Å². The van der Waals surface area contributed by atoms with Gasteiger partial charge in [0.25, 0.3) is 0 Å². The number of rotatable bonds is 6. The van der Waals surface area contributed by atoms with Crippen LogP contribution >= 0.6 is 0 Å². The van der Waals surface area contributed by atoms with Crippen molar-refractivity contribution in [1.29, 1.82) is 0 Å². The van der Waals surface area contributed by atoms with Gasteiger partial charge < -0.3 is 10.1 Å². The summed E-state index contributed by atoms with van der Waals surface area (Å²) in [6.07, 6.45) is 3.07. The van der Waals surface area contributed by atoms with Crippen molar-refractivity contribution in [2.45, 2.75) is 43.7 Å². The number of aromatic nitrogens is 1. The molecule has 0 aliphatic carbocycles. The van der Waals surface area contributed by atoms with Crippen LogP contribution < -0.4 is 10.0 Å². The van der Waals surface area contributed by atoms with Crippen LogP contribution in [0.5, 0.6) is 0 Å². The largest absolute Gasteiger partial charge is 0.377 e. The molecule has 112 valence electrons. The van der Waals surface area contributed by atoms with Gasteiger partial charge in [-0.05, 0) is 31.9 Å². The van der Waals surface area contributed by atoms with Gasteiger partial charge in [-0.1, -0.05) is 6.92 Å². The molecule has 0 spiro atoms. The second-order valence-electron chi connectivity index (χ2n) is 4.87. The Morgan fingerprint density at radius 2 is 2.30 bits per heavy atom. The third kappa shape index (κ3) is 3.47. The molecular weight excluding hydrogens is 278 g/mol. The summed E-state index contributed by atoms with van der Waals surface area (Å²) in [6, 6.07) is 3.01. The van der Waals surface area contributed by atoms with Crippen LogP contribution in [0.2, 0.25) is 0 Å². The lowest BCUT2D eigenvalue weighted by Gasteiger charge is -2.17. The molecule has 1 aromatic heterocycles. The summed E-state index contributed by atoms with van der Waals surface area (Å²) < 4.78 is 33.0. The fraction of sp³-hybridized carbons (Fsp3) is 0.615. The van der Waals surface area contributed by atoms with Crippen molar-refractivity contribution in [2.75, 3.05) is 18.5 Å². The molecular formula is C13H21N3O3S. The van der Waals surface area contributed by atoms with Crippen LogP contribution in [0.3, 0.4) is 0 Å². The fourth-order valence-corrected chi connectivity index (χ4v) is 3.60. The monoisotopic (exact) mass is 299 g/mol. The Hall–Kier alpha value is -1.18. The molecule has 0 radical (unpaired) electrons. The van der Waals surface area contributed by atoms with Crippen LogP contribution in [0.4, 0.5) is 5.82 Å². The Kier molecular flexibility index (Phi) is 4.95. The first-order valence-electron chi connectivity index (χ1n) is 6.87. The number of nitrogens with one attached hydrogen (secondary N) is 2. The highest BCUT2D eigenvalue weighted by atomic mass is 32.2. The predicted molar refractivity (Wildman–Crippen MR) is 77.2 cm³/mol. The van der Waals surface area contributed by atoms with Gasteiger partial charge in [-0.2, -0.15) is 0 Å². The minimum atomic E-state index is -3.59. The molecule has 0 aromatic carbocycles. The third-order valence-electron chi connectivity index (χ3n) is 3.29. The van der Waals surface area contributed by atoms with E-state index >= 15 is 0 Å². The first-order valence-corrected chi connectivity index (χ1v) is 8.35. The average Bonchev–Trinajstić information content (AvgIpc) is 2.81. The van der Waals surface area contributed by atoms with Gasteiger partial charge in [0.15, 0.2) is 0 Å². The van der Waals surface area contributed by atoms with Crippen LogP contribution in [0.25, 0.3) is 0 Å². The van der Waals surface area contributed by atoms with Crippen LogP contribution in [-0.2, 0) is 14.8 Å². The highest BCUT2D eigenvalue weighted by molar-refractivity contribution is 7.89. The third-order valence-corrected chi connectivity index (χ3v) is 4.81. The molecule has 0 saturated carbocycles. The van der Waals surface area contributed by atoms with E-state index in [1.807, 2.05) is 13.8 Å². The zero-order chi connectivity index (χ0) is 14.6. The first-order chi connectivity index (χ1) is 9.54. The zero-order valence-electron chi connectivity index (χ0n) is 11.8. The number of nitrogens with zero attached hydrogens (tertiary/aromatic N) is 1. The molecule has 1 saturated heterocycles. The van der Waals surface area contributed by atoms with E-state index < -0.39 is 10.0 Å². The molecule has 20 heavy (non-hydrogen) atoms. The molecule has 2 heterocycles. The molecule has 0 bridgehead atoms. The van der Waals surface area contributed by atoms with Gasteiger partial charge in [-0.15, -0.1) is 0 Å². The summed E-state index contributed by atoms with van der Waals surface area (Å²) in [6.45, 7) is 5.16. The fourth-order valence-electron chi connectivity index (χ4n) is 2.13. The van der Waals surface area contributed by atoms with Crippen molar-refractivity contribution in [3.8, 4) is 0 Å². The topological polar surface area (TPSA) is 80.3 Å². The van der Waals surface area contributed by atoms with Gasteiger partial charge in [0.05, 0.1) is 12.1 Å². The molecule has 1 aromatic rings. The number of hydrogen-bond acceptors (Lipinski definition) is 5. The Morgan fingerprint density at radius 1 is 1.50 bits per heavy atom. The zero-order valence-corrected chi connectivity index (χ0v) is 12.6. The normalized spacial score (nSPS) is 22.9. The lowest BCUT2D eigenvalue weighted by molar-refractivity contribution is 0.117. The van der Waals surface area contributed by atoms with E-state index in [1.54, 1.807) is 18.3 Å². The Bertz CT molecular complexity index is 548. The molecule has 0 amide bonds. The van der Waals surface area contributed by atoms with Crippen molar-refractivity contribution < 1.29 is 13.2 Å². The minimum Gasteiger partial charge on any atom is -0.377 e. The maximum Gasteiger partial charge on any atom is 0.244 e. The van der Waals surface area contributed by atoms with E-state index in [9.17, 15) is 8.42 Å². The predicted octanol–water partition coefficient (Wildman–Crippen LogP) is 1.36. The summed E-state index contributed by atoms with van der Waals surface area (Å²) in [4.78, 5) is 4.30. The van der Waals surface area contributed by atoms with E-state index in [0.717, 1.165) is 6.42 Å². The first kappa shape index (κ1) is 15.2. The summed E-state index contributed by atoms with van der Waals surface area (Å²) in [5.74, 6) is 0.397. The second-order valence-corrected chi connectivity index (χ2v) is 6.55. The minimum absolute atomic E-state index is 0.103. The summed E-state index contributed by atoms with van der Waals surface area (Å²) in [5, 5.41) is 3.04. The highest BCUT2D eigenvalue weighted by Gasteiger charge is 2.30. The number of ether oxygens (including phenoxy) is 1. The molecule has 2 unspecified atom stereocenters.